The predicted molar refractivity (Wildman–Crippen MR) is 120 cm³/mol. The summed E-state index contributed by atoms with van der Waals surface area (Å²) in [6.07, 6.45) is 0. The quantitative estimate of drug-likeness (QED) is 0.331. The topological polar surface area (TPSA) is 66.8 Å². The Balaban J connectivity index is 1.36. The molecule has 4 aromatic rings. The summed E-state index contributed by atoms with van der Waals surface area (Å²) >= 11 is 0. The summed E-state index contributed by atoms with van der Waals surface area (Å²) in [6, 6.07) is 20.5. The number of esters is 1. The third kappa shape index (κ3) is 3.39. The van der Waals surface area contributed by atoms with E-state index >= 15 is 0 Å². The Labute approximate surface area is 184 Å². The maximum absolute atomic E-state index is 12.9. The van der Waals surface area contributed by atoms with Crippen LogP contribution in [0.5, 0.6) is 11.5 Å². The van der Waals surface area contributed by atoms with Crippen LogP contribution in [0.15, 0.2) is 66.7 Å². The SMILES string of the molecule is Cc1cc(C(=O)COC(=O)c2cccc3ccccc23)c(C)n1-c1ccc2c(c1)OCO2. The highest BCUT2D eigenvalue weighted by Gasteiger charge is 2.21. The smallest absolute Gasteiger partial charge is 0.339 e. The van der Waals surface area contributed by atoms with Crippen molar-refractivity contribution in [2.24, 2.45) is 0 Å². The highest BCUT2D eigenvalue weighted by atomic mass is 16.7. The Bertz CT molecular complexity index is 1360. The molecule has 5 rings (SSSR count). The Kier molecular flexibility index (Phi) is 4.90. The lowest BCUT2D eigenvalue weighted by molar-refractivity contribution is 0.0476. The average Bonchev–Trinajstić information content (AvgIpc) is 3.39. The molecule has 0 atom stereocenters. The van der Waals surface area contributed by atoms with E-state index in [1.54, 1.807) is 12.1 Å². The molecule has 1 aromatic heterocycles. The first-order valence-electron chi connectivity index (χ1n) is 10.3. The molecule has 1 aliphatic heterocycles. The van der Waals surface area contributed by atoms with Gasteiger partial charge in [0.1, 0.15) is 0 Å². The summed E-state index contributed by atoms with van der Waals surface area (Å²) in [5, 5.41) is 1.74. The molecule has 0 saturated heterocycles. The van der Waals surface area contributed by atoms with Crippen LogP contribution in [0, 0.1) is 13.8 Å². The first-order valence-corrected chi connectivity index (χ1v) is 10.3. The van der Waals surface area contributed by atoms with Gasteiger partial charge >= 0.3 is 5.97 Å². The first-order chi connectivity index (χ1) is 15.5. The van der Waals surface area contributed by atoms with Crippen LogP contribution in [0.3, 0.4) is 0 Å². The number of aromatic nitrogens is 1. The van der Waals surface area contributed by atoms with Crippen LogP contribution in [-0.2, 0) is 4.74 Å². The van der Waals surface area contributed by atoms with Crippen molar-refractivity contribution >= 4 is 22.5 Å². The molecule has 0 amide bonds. The second-order valence-electron chi connectivity index (χ2n) is 7.68. The van der Waals surface area contributed by atoms with Crippen molar-refractivity contribution in [1.29, 1.82) is 0 Å². The second kappa shape index (κ2) is 7.89. The van der Waals surface area contributed by atoms with E-state index in [2.05, 4.69) is 0 Å². The van der Waals surface area contributed by atoms with Gasteiger partial charge in [-0.15, -0.1) is 0 Å². The van der Waals surface area contributed by atoms with E-state index in [4.69, 9.17) is 14.2 Å². The monoisotopic (exact) mass is 427 g/mol. The Morgan fingerprint density at radius 3 is 2.56 bits per heavy atom. The van der Waals surface area contributed by atoms with Gasteiger partial charge in [0.25, 0.3) is 0 Å². The third-order valence-corrected chi connectivity index (χ3v) is 5.69. The van der Waals surface area contributed by atoms with Crippen LogP contribution in [0.2, 0.25) is 0 Å². The summed E-state index contributed by atoms with van der Waals surface area (Å²) < 4.78 is 18.2. The Morgan fingerprint density at radius 1 is 0.906 bits per heavy atom. The molecule has 32 heavy (non-hydrogen) atoms. The van der Waals surface area contributed by atoms with Gasteiger partial charge in [-0.25, -0.2) is 4.79 Å². The van der Waals surface area contributed by atoms with Gasteiger partial charge in [0.05, 0.1) is 5.56 Å². The molecule has 0 bridgehead atoms. The van der Waals surface area contributed by atoms with Gasteiger partial charge in [-0.2, -0.15) is 0 Å². The van der Waals surface area contributed by atoms with E-state index in [0.29, 0.717) is 22.6 Å². The van der Waals surface area contributed by atoms with Crippen molar-refractivity contribution < 1.29 is 23.8 Å². The van der Waals surface area contributed by atoms with Crippen LogP contribution in [0.1, 0.15) is 32.1 Å². The van der Waals surface area contributed by atoms with Crippen molar-refractivity contribution in [3.8, 4) is 17.2 Å². The summed E-state index contributed by atoms with van der Waals surface area (Å²) in [5.41, 5.74) is 3.50. The van der Waals surface area contributed by atoms with E-state index in [1.165, 1.54) is 0 Å². The van der Waals surface area contributed by atoms with Crippen molar-refractivity contribution in [3.05, 3.63) is 89.2 Å². The number of carbonyl (C=O) groups is 2. The molecule has 0 unspecified atom stereocenters. The molecule has 0 N–H and O–H groups in total. The second-order valence-corrected chi connectivity index (χ2v) is 7.68. The molecular weight excluding hydrogens is 406 g/mol. The molecule has 0 aliphatic carbocycles. The van der Waals surface area contributed by atoms with Gasteiger partial charge in [0.15, 0.2) is 18.1 Å². The van der Waals surface area contributed by atoms with Gasteiger partial charge in [0, 0.05) is 28.7 Å². The minimum absolute atomic E-state index is 0.203. The van der Waals surface area contributed by atoms with Crippen LogP contribution in [-0.4, -0.2) is 29.7 Å². The van der Waals surface area contributed by atoms with E-state index in [0.717, 1.165) is 27.8 Å². The van der Waals surface area contributed by atoms with Crippen LogP contribution in [0.4, 0.5) is 0 Å². The largest absolute Gasteiger partial charge is 0.454 e. The fraction of sp³-hybridized carbons (Fsp3) is 0.154. The number of benzene rings is 3. The molecule has 2 heterocycles. The Morgan fingerprint density at radius 2 is 1.69 bits per heavy atom. The van der Waals surface area contributed by atoms with Gasteiger partial charge in [-0.1, -0.05) is 36.4 Å². The van der Waals surface area contributed by atoms with Gasteiger partial charge in [-0.3, -0.25) is 4.79 Å². The number of fused-ring (bicyclic) bond motifs is 2. The zero-order valence-corrected chi connectivity index (χ0v) is 17.8. The predicted octanol–water partition coefficient (Wildman–Crippen LogP) is 5.02. The number of carbonyl (C=O) groups excluding carboxylic acids is 2. The molecule has 0 fully saturated rings. The van der Waals surface area contributed by atoms with E-state index in [9.17, 15) is 9.59 Å². The summed E-state index contributed by atoms with van der Waals surface area (Å²) in [7, 11) is 0. The number of hydrogen-bond acceptors (Lipinski definition) is 5. The Hall–Kier alpha value is -4.06. The maximum atomic E-state index is 12.9. The van der Waals surface area contributed by atoms with Crippen molar-refractivity contribution in [3.63, 3.8) is 0 Å². The van der Waals surface area contributed by atoms with Crippen molar-refractivity contribution in [2.45, 2.75) is 13.8 Å². The highest BCUT2D eigenvalue weighted by Crippen LogP contribution is 2.35. The molecule has 160 valence electrons. The van der Waals surface area contributed by atoms with E-state index in [-0.39, 0.29) is 19.2 Å². The van der Waals surface area contributed by atoms with Crippen molar-refractivity contribution in [2.75, 3.05) is 13.4 Å². The number of aryl methyl sites for hydroxylation is 1. The van der Waals surface area contributed by atoms with Crippen LogP contribution < -0.4 is 9.47 Å². The van der Waals surface area contributed by atoms with Gasteiger partial charge in [-0.05, 0) is 48.9 Å². The summed E-state index contributed by atoms with van der Waals surface area (Å²) in [6.45, 7) is 3.68. The molecular formula is C26H21NO5. The molecule has 0 radical (unpaired) electrons. The molecule has 6 heteroatoms. The number of hydrogen-bond donors (Lipinski definition) is 0. The lowest BCUT2D eigenvalue weighted by Gasteiger charge is -2.11. The minimum Gasteiger partial charge on any atom is -0.454 e. The maximum Gasteiger partial charge on any atom is 0.339 e. The zero-order valence-electron chi connectivity index (χ0n) is 17.8. The third-order valence-electron chi connectivity index (χ3n) is 5.69. The molecule has 1 aliphatic rings. The summed E-state index contributed by atoms with van der Waals surface area (Å²) in [4.78, 5) is 25.6. The fourth-order valence-electron chi connectivity index (χ4n) is 4.16. The van der Waals surface area contributed by atoms with Crippen LogP contribution >= 0.6 is 0 Å². The zero-order chi connectivity index (χ0) is 22.2. The number of ketones is 1. The lowest BCUT2D eigenvalue weighted by Crippen LogP contribution is -2.15. The molecule has 6 nitrogen and oxygen atoms in total. The molecule has 0 saturated carbocycles. The molecule has 3 aromatic carbocycles. The number of ether oxygens (including phenoxy) is 3. The number of rotatable bonds is 5. The van der Waals surface area contributed by atoms with E-state index < -0.39 is 5.97 Å². The molecule has 0 spiro atoms. The van der Waals surface area contributed by atoms with E-state index in [1.807, 2.05) is 73.0 Å². The standard InChI is InChI=1S/C26H21NO5/c1-16-12-22(17(2)27(16)19-10-11-24-25(13-19)32-15-31-24)23(28)14-30-26(29)21-9-5-7-18-6-3-4-8-20(18)21/h3-13H,14-15H2,1-2H3. The normalized spacial score (nSPS) is 12.2. The lowest BCUT2D eigenvalue weighted by atomic mass is 10.0. The minimum atomic E-state index is -0.514. The van der Waals surface area contributed by atoms with Crippen molar-refractivity contribution in [1.82, 2.24) is 4.57 Å². The van der Waals surface area contributed by atoms with Gasteiger partial charge < -0.3 is 18.8 Å². The first kappa shape index (κ1) is 19.9. The van der Waals surface area contributed by atoms with Gasteiger partial charge in [0.2, 0.25) is 12.6 Å². The van der Waals surface area contributed by atoms with Crippen LogP contribution in [0.25, 0.3) is 16.5 Å². The average molecular weight is 427 g/mol. The fourth-order valence-corrected chi connectivity index (χ4v) is 4.16. The summed E-state index contributed by atoms with van der Waals surface area (Å²) in [5.74, 6) is 0.609. The number of nitrogens with zero attached hydrogens (tertiary/aromatic N) is 1. The highest BCUT2D eigenvalue weighted by molar-refractivity contribution is 6.06. The number of Topliss-reactive ketones (excluding diaryl/α,β-unsaturated/α-hetero) is 1.